The average Bonchev–Trinajstić information content (AvgIpc) is 1.60. The van der Waals surface area contributed by atoms with Gasteiger partial charge in [0.15, 0.2) is 0 Å². The number of carboxylic acid groups (broad SMARTS) is 2. The van der Waals surface area contributed by atoms with Crippen LogP contribution in [-0.2, 0) is 14.1 Å². The van der Waals surface area contributed by atoms with Gasteiger partial charge in [0.25, 0.3) is 0 Å². The maximum absolute atomic E-state index is 8.89. The molecule has 0 atom stereocenters. The minimum absolute atomic E-state index is 0. The zero-order chi connectivity index (χ0) is 9.86. The molecular weight excluding hydrogens is 414 g/mol. The van der Waals surface area contributed by atoms with E-state index in [-0.39, 0.29) is 11.0 Å². The zero-order valence-corrected chi connectivity index (χ0v) is 11.1. The van der Waals surface area contributed by atoms with Crippen LogP contribution in [0.4, 0.5) is 0 Å². The molecule has 78 valence electrons. The third-order valence-electron chi connectivity index (χ3n) is 0. The number of carbonyl (C=O) groups excluding carboxylic acids is 2. The summed E-state index contributed by atoms with van der Waals surface area (Å²) >= 11 is -2.51. The van der Waals surface area contributed by atoms with Crippen LogP contribution in [0.3, 0.4) is 0 Å². The van der Waals surface area contributed by atoms with Gasteiger partial charge in [-0.1, -0.05) is 0 Å². The van der Waals surface area contributed by atoms with Crippen molar-refractivity contribution < 1.29 is 63.0 Å². The van der Waals surface area contributed by atoms with Crippen LogP contribution in [0, 0.1) is 27.8 Å². The Labute approximate surface area is 88.8 Å². The molecule has 0 amide bonds. The number of hydrogen-bond acceptors (Lipinski definition) is 6. The van der Waals surface area contributed by atoms with E-state index in [1.54, 1.807) is 0 Å². The molecule has 0 fully saturated rings. The Morgan fingerprint density at radius 2 is 0.923 bits per heavy atom. The molecule has 0 bridgehead atoms. The van der Waals surface area contributed by atoms with E-state index < -0.39 is 39.8 Å². The molecule has 0 spiro atoms. The monoisotopic (exact) mass is 424 g/mol. The standard InChI is InChI=1S/2C2H4O2.2H2O.2O.U/c2*1-2(3)4;;;;;/h2*1H3,(H,3,4);2*1H2;;;/q;;;;;;+2/p-2. The maximum atomic E-state index is 8.89. The van der Waals surface area contributed by atoms with Crippen LogP contribution in [0.1, 0.15) is 13.8 Å². The number of aliphatic carboxylic acids is 2. The number of rotatable bonds is 0. The van der Waals surface area contributed by atoms with Gasteiger partial charge in [-0.05, 0) is 13.8 Å². The van der Waals surface area contributed by atoms with Crippen molar-refractivity contribution in [1.82, 2.24) is 0 Å². The predicted octanol–water partition coefficient (Wildman–Crippen LogP) is -4.37. The average molecular weight is 424 g/mol. The fourth-order valence-electron chi connectivity index (χ4n) is 0. The van der Waals surface area contributed by atoms with Gasteiger partial charge in [0.1, 0.15) is 0 Å². The number of carboxylic acids is 2. The van der Waals surface area contributed by atoms with Crippen molar-refractivity contribution in [3.63, 3.8) is 0 Å². The molecule has 8 nitrogen and oxygen atoms in total. The molecule has 9 heteroatoms. The SMILES string of the molecule is CC(=O)[O-].CC(=O)[O-].O.O.[O]=[U+2]=[O]. The van der Waals surface area contributed by atoms with E-state index in [9.17, 15) is 0 Å². The molecule has 0 aromatic rings. The third-order valence-corrected chi connectivity index (χ3v) is 0. The van der Waals surface area contributed by atoms with Crippen molar-refractivity contribution >= 4 is 11.9 Å². The molecule has 0 aromatic carbocycles. The zero-order valence-electron chi connectivity index (χ0n) is 6.95. The molecule has 0 saturated carbocycles. The molecule has 0 aliphatic carbocycles. The Kier molecular flexibility index (Phi) is 67.8. The number of carbonyl (C=O) groups is 2. The summed E-state index contributed by atoms with van der Waals surface area (Å²) in [7, 11) is 0. The van der Waals surface area contributed by atoms with Gasteiger partial charge >= 0.3 is 32.3 Å². The van der Waals surface area contributed by atoms with E-state index in [2.05, 4.69) is 0 Å². The van der Waals surface area contributed by atoms with Crippen LogP contribution in [0.15, 0.2) is 0 Å². The van der Waals surface area contributed by atoms with Crippen molar-refractivity contribution in [3.8, 4) is 0 Å². The van der Waals surface area contributed by atoms with Crippen LogP contribution < -0.4 is 10.2 Å². The van der Waals surface area contributed by atoms with Gasteiger partial charge in [0.05, 0.1) is 0 Å². The molecule has 4 N–H and O–H groups in total. The van der Waals surface area contributed by atoms with E-state index in [0.29, 0.717) is 0 Å². The van der Waals surface area contributed by atoms with Crippen molar-refractivity contribution in [2.45, 2.75) is 13.8 Å². The first-order valence-corrected chi connectivity index (χ1v) is 5.62. The second-order valence-electron chi connectivity index (χ2n) is 1.07. The van der Waals surface area contributed by atoms with Crippen molar-refractivity contribution in [1.29, 1.82) is 0 Å². The Morgan fingerprint density at radius 3 is 0.923 bits per heavy atom. The van der Waals surface area contributed by atoms with E-state index in [1.165, 1.54) is 0 Å². The first-order valence-electron chi connectivity index (χ1n) is 2.22. The Hall–Kier alpha value is -0.488. The van der Waals surface area contributed by atoms with Crippen LogP contribution >= 0.6 is 0 Å². The summed E-state index contributed by atoms with van der Waals surface area (Å²) in [6.45, 7) is 1.94. The predicted molar refractivity (Wildman–Crippen MR) is 30.0 cm³/mol. The summed E-state index contributed by atoms with van der Waals surface area (Å²) in [5, 5.41) is 17.8. The van der Waals surface area contributed by atoms with Crippen LogP contribution in [0.5, 0.6) is 0 Å². The summed E-state index contributed by atoms with van der Waals surface area (Å²) in [5.74, 6) is -2.17. The molecule has 0 aromatic heterocycles. The van der Waals surface area contributed by atoms with Gasteiger partial charge < -0.3 is 30.8 Å². The fraction of sp³-hybridized carbons (Fsp3) is 0.500. The summed E-state index contributed by atoms with van der Waals surface area (Å²) in [4.78, 5) is 17.8. The molecule has 13 heavy (non-hydrogen) atoms. The van der Waals surface area contributed by atoms with Gasteiger partial charge in [-0.15, -0.1) is 0 Å². The molecule has 0 aliphatic heterocycles. The summed E-state index contributed by atoms with van der Waals surface area (Å²) in [6, 6.07) is 0. The fourth-order valence-corrected chi connectivity index (χ4v) is 0. The van der Waals surface area contributed by atoms with Crippen molar-refractivity contribution in [3.05, 3.63) is 0 Å². The van der Waals surface area contributed by atoms with Gasteiger partial charge in [0.2, 0.25) is 0 Å². The number of hydrogen-bond donors (Lipinski definition) is 0. The third kappa shape index (κ3) is 4370. The minimum atomic E-state index is -2.51. The van der Waals surface area contributed by atoms with E-state index in [0.717, 1.165) is 13.8 Å². The molecule has 0 radical (unpaired) electrons. The van der Waals surface area contributed by atoms with Gasteiger partial charge in [-0.2, -0.15) is 0 Å². The summed E-state index contributed by atoms with van der Waals surface area (Å²) < 4.78 is 17.2. The van der Waals surface area contributed by atoms with Crippen molar-refractivity contribution in [2.24, 2.45) is 0 Å². The first kappa shape index (κ1) is 29.4. The molecule has 0 heterocycles. The Balaban J connectivity index is -0.0000000231. The molecule has 0 unspecified atom stereocenters. The van der Waals surface area contributed by atoms with Gasteiger partial charge in [-0.3, -0.25) is 0 Å². The van der Waals surface area contributed by atoms with Crippen LogP contribution in [0.2, 0.25) is 0 Å². The van der Waals surface area contributed by atoms with E-state index >= 15 is 0 Å². The molecule has 0 saturated heterocycles. The summed E-state index contributed by atoms with van der Waals surface area (Å²) in [5.41, 5.74) is 0. The van der Waals surface area contributed by atoms with Crippen molar-refractivity contribution in [2.75, 3.05) is 0 Å². The first-order chi connectivity index (χ1) is 4.88. The topological polar surface area (TPSA) is 177 Å². The normalized spacial score (nSPS) is 4.46. The van der Waals surface area contributed by atoms with E-state index in [1.807, 2.05) is 0 Å². The van der Waals surface area contributed by atoms with Crippen LogP contribution in [-0.4, -0.2) is 22.9 Å². The molecule has 0 rings (SSSR count). The molecular formula is C4H10O8U. The van der Waals surface area contributed by atoms with Gasteiger partial charge in [0, 0.05) is 11.9 Å². The molecule has 0 aliphatic rings. The van der Waals surface area contributed by atoms with Gasteiger partial charge in [-0.25, -0.2) is 0 Å². The quantitative estimate of drug-likeness (QED) is 0.379. The summed E-state index contributed by atoms with van der Waals surface area (Å²) in [6.07, 6.45) is 0. The second kappa shape index (κ2) is 30.0. The Bertz CT molecular complexity index is 128. The Morgan fingerprint density at radius 1 is 0.923 bits per heavy atom. The van der Waals surface area contributed by atoms with Crippen LogP contribution in [0.25, 0.3) is 0 Å². The van der Waals surface area contributed by atoms with E-state index in [4.69, 9.17) is 24.3 Å². The second-order valence-corrected chi connectivity index (χ2v) is 1.76.